The highest BCUT2D eigenvalue weighted by atomic mass is 32.3. The molecule has 2 aromatic carbocycles. The average Bonchev–Trinajstić information content (AvgIpc) is 2.63. The third-order valence-electron chi connectivity index (χ3n) is 3.87. The van der Waals surface area contributed by atoms with Gasteiger partial charge in [-0.2, -0.15) is 4.99 Å². The van der Waals surface area contributed by atoms with Crippen LogP contribution >= 0.6 is 0 Å². The minimum absolute atomic E-state index is 0.205. The zero-order chi connectivity index (χ0) is 18.7. The van der Waals surface area contributed by atoms with Crippen molar-refractivity contribution in [1.82, 2.24) is 4.31 Å². The van der Waals surface area contributed by atoms with Crippen molar-refractivity contribution in [3.63, 3.8) is 0 Å². The first-order valence-electron chi connectivity index (χ1n) is 8.18. The van der Waals surface area contributed by atoms with Gasteiger partial charge in [0.05, 0.1) is 0 Å². The Kier molecular flexibility index (Phi) is 5.36. The quantitative estimate of drug-likeness (QED) is 0.745. The van der Waals surface area contributed by atoms with E-state index in [4.69, 9.17) is 0 Å². The Bertz CT molecular complexity index is 858. The molecule has 0 aromatic heterocycles. The molecule has 1 aliphatic rings. The second-order valence-electron chi connectivity index (χ2n) is 5.54. The fourth-order valence-corrected chi connectivity index (χ4v) is 4.18. The van der Waals surface area contributed by atoms with Crippen molar-refractivity contribution in [1.29, 1.82) is 0 Å². The van der Waals surface area contributed by atoms with Crippen LogP contribution in [0.15, 0.2) is 62.3 Å². The second-order valence-corrected chi connectivity index (χ2v) is 7.36. The van der Waals surface area contributed by atoms with Crippen molar-refractivity contribution in [2.75, 3.05) is 13.1 Å². The lowest BCUT2D eigenvalue weighted by molar-refractivity contribution is 0.436. The Morgan fingerprint density at radius 1 is 0.846 bits per heavy atom. The van der Waals surface area contributed by atoms with Gasteiger partial charge in [-0.15, -0.1) is 4.31 Å². The highest BCUT2D eigenvalue weighted by molar-refractivity contribution is 7.96. The maximum Gasteiger partial charge on any atom is 0.212 e. The van der Waals surface area contributed by atoms with E-state index in [0.717, 1.165) is 0 Å². The summed E-state index contributed by atoms with van der Waals surface area (Å²) in [6.07, 6.45) is 0. The fraction of sp³-hybridized carbons (Fsp3) is 0.222. The number of benzene rings is 2. The Morgan fingerprint density at radius 3 is 1.77 bits per heavy atom. The van der Waals surface area contributed by atoms with Crippen LogP contribution in [0.25, 0.3) is 0 Å². The standard InChI is InChI=1S/C18H18F2N4OS/c1-3-24(4-2)26(25)22-17(13-5-9-15(19)10-6-13)21-18(23-26)14-7-11-16(20)12-8-14/h5-12H,3-4H2,1-2H3. The minimum atomic E-state index is -3.12. The summed E-state index contributed by atoms with van der Waals surface area (Å²) in [5.41, 5.74) is 1.06. The van der Waals surface area contributed by atoms with E-state index in [2.05, 4.69) is 13.8 Å². The molecule has 8 heteroatoms. The highest BCUT2D eigenvalue weighted by Crippen LogP contribution is 2.23. The zero-order valence-corrected chi connectivity index (χ0v) is 15.2. The van der Waals surface area contributed by atoms with Crippen LogP contribution in [0, 0.1) is 11.6 Å². The number of aliphatic imine (C=N–C) groups is 1. The number of nitrogens with zero attached hydrogens (tertiary/aromatic N) is 4. The summed E-state index contributed by atoms with van der Waals surface area (Å²) >= 11 is 0. The summed E-state index contributed by atoms with van der Waals surface area (Å²) < 4.78 is 50.0. The highest BCUT2D eigenvalue weighted by Gasteiger charge is 2.29. The van der Waals surface area contributed by atoms with Gasteiger partial charge < -0.3 is 4.55 Å². The van der Waals surface area contributed by atoms with Crippen molar-refractivity contribution < 1.29 is 13.3 Å². The smallest absolute Gasteiger partial charge is 0.212 e. The topological polar surface area (TPSA) is 63.4 Å². The van der Waals surface area contributed by atoms with Crippen molar-refractivity contribution in [3.8, 4) is 0 Å². The summed E-state index contributed by atoms with van der Waals surface area (Å²) in [5, 5.41) is 0. The SMILES string of the molecule is CCN(CC)[S+]1([O-])=NC(c2ccc(F)cc2)=NC(c2ccc(F)cc2)=N1. The van der Waals surface area contributed by atoms with E-state index in [9.17, 15) is 13.3 Å². The van der Waals surface area contributed by atoms with E-state index in [1.165, 1.54) is 48.5 Å². The van der Waals surface area contributed by atoms with Gasteiger partial charge in [-0.1, -0.05) is 0 Å². The lowest BCUT2D eigenvalue weighted by Crippen LogP contribution is -2.37. The third kappa shape index (κ3) is 3.77. The molecular weight excluding hydrogens is 358 g/mol. The Labute approximate surface area is 152 Å². The summed E-state index contributed by atoms with van der Waals surface area (Å²) in [7, 11) is -3.12. The summed E-state index contributed by atoms with van der Waals surface area (Å²) in [4.78, 5) is 4.38. The third-order valence-corrected chi connectivity index (χ3v) is 5.88. The van der Waals surface area contributed by atoms with E-state index in [-0.39, 0.29) is 23.3 Å². The van der Waals surface area contributed by atoms with Crippen LogP contribution < -0.4 is 0 Å². The lowest BCUT2D eigenvalue weighted by atomic mass is 10.2. The molecule has 2 aromatic rings. The predicted octanol–water partition coefficient (Wildman–Crippen LogP) is 3.81. The summed E-state index contributed by atoms with van der Waals surface area (Å²) in [6, 6.07) is 11.2. The van der Waals surface area contributed by atoms with Crippen LogP contribution in [0.2, 0.25) is 0 Å². The van der Waals surface area contributed by atoms with Crippen LogP contribution in [0.3, 0.4) is 0 Å². The van der Waals surface area contributed by atoms with Crippen LogP contribution in [0.5, 0.6) is 0 Å². The maximum atomic E-state index is 13.4. The van der Waals surface area contributed by atoms with Crippen LogP contribution in [-0.2, 0) is 10.5 Å². The Hall–Kier alpha value is -2.29. The summed E-state index contributed by atoms with van der Waals surface area (Å²) in [6.45, 7) is 4.69. The van der Waals surface area contributed by atoms with Crippen LogP contribution in [0.4, 0.5) is 8.78 Å². The van der Waals surface area contributed by atoms with Gasteiger partial charge in [-0.05, 0) is 71.1 Å². The molecule has 0 aliphatic carbocycles. The molecule has 0 N–H and O–H groups in total. The molecule has 3 rings (SSSR count). The molecule has 1 aliphatic heterocycles. The number of amidine groups is 2. The van der Waals surface area contributed by atoms with Gasteiger partial charge in [0.15, 0.2) is 0 Å². The van der Waals surface area contributed by atoms with Crippen molar-refractivity contribution >= 4 is 22.1 Å². The molecule has 1 heterocycles. The molecule has 0 radical (unpaired) electrons. The monoisotopic (exact) mass is 376 g/mol. The van der Waals surface area contributed by atoms with Gasteiger partial charge in [0.25, 0.3) is 0 Å². The van der Waals surface area contributed by atoms with Gasteiger partial charge in [-0.25, -0.2) is 8.78 Å². The Balaban J connectivity index is 2.16. The number of rotatable bonds is 5. The van der Waals surface area contributed by atoms with Gasteiger partial charge in [0.1, 0.15) is 22.1 Å². The molecule has 0 saturated carbocycles. The molecule has 0 amide bonds. The van der Waals surface area contributed by atoms with Crippen LogP contribution in [0.1, 0.15) is 25.0 Å². The minimum Gasteiger partial charge on any atom is -0.590 e. The van der Waals surface area contributed by atoms with Crippen molar-refractivity contribution in [2.24, 2.45) is 13.8 Å². The van der Waals surface area contributed by atoms with E-state index in [1.54, 1.807) is 4.31 Å². The lowest BCUT2D eigenvalue weighted by Gasteiger charge is -2.28. The van der Waals surface area contributed by atoms with Gasteiger partial charge >= 0.3 is 0 Å². The van der Waals surface area contributed by atoms with E-state index >= 15 is 0 Å². The van der Waals surface area contributed by atoms with E-state index in [1.807, 2.05) is 13.8 Å². The van der Waals surface area contributed by atoms with Crippen molar-refractivity contribution in [3.05, 3.63) is 71.3 Å². The summed E-state index contributed by atoms with van der Waals surface area (Å²) in [5.74, 6) is -0.364. The largest absolute Gasteiger partial charge is 0.590 e. The number of hydrogen-bond acceptors (Lipinski definition) is 5. The molecule has 26 heavy (non-hydrogen) atoms. The molecule has 136 valence electrons. The maximum absolute atomic E-state index is 13.4. The second kappa shape index (κ2) is 7.53. The molecule has 1 unspecified atom stereocenters. The predicted molar refractivity (Wildman–Crippen MR) is 99.4 cm³/mol. The molecular formula is C18H18F2N4OS. The van der Waals surface area contributed by atoms with E-state index in [0.29, 0.717) is 24.2 Å². The number of hydrogen-bond donors (Lipinski definition) is 0. The molecule has 0 bridgehead atoms. The first-order chi connectivity index (χ1) is 12.4. The van der Waals surface area contributed by atoms with Gasteiger partial charge in [0, 0.05) is 24.2 Å². The van der Waals surface area contributed by atoms with E-state index < -0.39 is 10.5 Å². The Morgan fingerprint density at radius 2 is 1.31 bits per heavy atom. The molecule has 0 fully saturated rings. The first kappa shape index (κ1) is 18.5. The number of halogens is 2. The molecule has 1 atom stereocenters. The van der Waals surface area contributed by atoms with Crippen LogP contribution in [-0.4, -0.2) is 33.6 Å². The normalized spacial score (nSPS) is 19.8. The fourth-order valence-electron chi connectivity index (χ4n) is 2.49. The van der Waals surface area contributed by atoms with Gasteiger partial charge in [-0.3, -0.25) is 0 Å². The molecule has 5 nitrogen and oxygen atoms in total. The molecule has 0 spiro atoms. The molecule has 0 saturated heterocycles. The zero-order valence-electron chi connectivity index (χ0n) is 14.4. The van der Waals surface area contributed by atoms with Crippen molar-refractivity contribution in [2.45, 2.75) is 13.8 Å². The first-order valence-corrected chi connectivity index (χ1v) is 9.60. The van der Waals surface area contributed by atoms with Gasteiger partial charge in [0.2, 0.25) is 11.7 Å². The average molecular weight is 376 g/mol.